The van der Waals surface area contributed by atoms with Crippen molar-refractivity contribution < 1.29 is 4.39 Å². The Hall–Kier alpha value is -0.770. The lowest BCUT2D eigenvalue weighted by Crippen LogP contribution is -2.45. The molecule has 24 heavy (non-hydrogen) atoms. The van der Waals surface area contributed by atoms with E-state index in [9.17, 15) is 4.39 Å². The summed E-state index contributed by atoms with van der Waals surface area (Å²) in [7, 11) is 0. The smallest absolute Gasteiger partial charge is 0.191 e. The Kier molecular flexibility index (Phi) is 9.72. The molecule has 2 unspecified atom stereocenters. The molecule has 1 fully saturated rings. The maximum absolute atomic E-state index is 13.8. The van der Waals surface area contributed by atoms with Gasteiger partial charge in [-0.05, 0) is 31.7 Å². The number of aromatic nitrogens is 1. The molecular weight excluding hydrogens is 440 g/mol. The predicted molar refractivity (Wildman–Crippen MR) is 112 cm³/mol. The number of anilines is 1. The molecule has 0 spiro atoms. The van der Waals surface area contributed by atoms with Crippen LogP contribution in [-0.4, -0.2) is 54.7 Å². The molecule has 2 rings (SSSR count). The molecule has 0 aliphatic carbocycles. The molecule has 5 nitrogen and oxygen atoms in total. The van der Waals surface area contributed by atoms with Gasteiger partial charge in [0.15, 0.2) is 17.6 Å². The lowest BCUT2D eigenvalue weighted by molar-refractivity contribution is 0.612. The van der Waals surface area contributed by atoms with Gasteiger partial charge in [-0.25, -0.2) is 9.37 Å². The summed E-state index contributed by atoms with van der Waals surface area (Å²) in [6, 6.07) is 3.32. The van der Waals surface area contributed by atoms with E-state index in [1.165, 1.54) is 6.07 Å². The van der Waals surface area contributed by atoms with Gasteiger partial charge in [-0.2, -0.15) is 11.8 Å². The van der Waals surface area contributed by atoms with E-state index in [-0.39, 0.29) is 35.8 Å². The summed E-state index contributed by atoms with van der Waals surface area (Å²) in [4.78, 5) is 10.8. The quantitative estimate of drug-likeness (QED) is 0.383. The van der Waals surface area contributed by atoms with Gasteiger partial charge in [-0.15, -0.1) is 24.0 Å². The van der Waals surface area contributed by atoms with Gasteiger partial charge in [-0.3, -0.25) is 4.99 Å². The molecule has 1 aliphatic heterocycles. The monoisotopic (exact) mass is 467 g/mol. The summed E-state index contributed by atoms with van der Waals surface area (Å²) < 4.78 is 13.8. The minimum Gasteiger partial charge on any atom is -0.357 e. The van der Waals surface area contributed by atoms with Gasteiger partial charge < -0.3 is 15.5 Å². The average Bonchev–Trinajstić information content (AvgIpc) is 3.01. The molecule has 8 heteroatoms. The Bertz CT molecular complexity index is 531. The van der Waals surface area contributed by atoms with Crippen molar-refractivity contribution in [1.29, 1.82) is 0 Å². The zero-order valence-corrected chi connectivity index (χ0v) is 17.6. The van der Waals surface area contributed by atoms with Crippen molar-refractivity contribution >= 4 is 47.5 Å². The van der Waals surface area contributed by atoms with E-state index in [0.717, 1.165) is 38.6 Å². The van der Waals surface area contributed by atoms with E-state index in [4.69, 9.17) is 0 Å². The molecule has 1 aromatic rings. The van der Waals surface area contributed by atoms with E-state index >= 15 is 0 Å². The third-order valence-corrected chi connectivity index (χ3v) is 4.77. The summed E-state index contributed by atoms with van der Waals surface area (Å²) in [5.41, 5.74) is 0. The van der Waals surface area contributed by atoms with Crippen molar-refractivity contribution in [3.8, 4) is 0 Å². The third kappa shape index (κ3) is 6.27. The van der Waals surface area contributed by atoms with Crippen molar-refractivity contribution in [3.63, 3.8) is 0 Å². The first-order chi connectivity index (χ1) is 11.1. The topological polar surface area (TPSA) is 52.6 Å². The Morgan fingerprint density at radius 2 is 2.38 bits per heavy atom. The van der Waals surface area contributed by atoms with Gasteiger partial charge in [0.2, 0.25) is 0 Å². The van der Waals surface area contributed by atoms with Crippen molar-refractivity contribution in [3.05, 3.63) is 24.1 Å². The standard InChI is InChI=1S/C16H26FN5S.HI/c1-4-18-16(20-10-12(2)23-3)21-13-7-9-22(11-13)15-14(17)6-5-8-19-15;/h5-6,8,12-13H,4,7,9-11H2,1-3H3,(H2,18,20,21);1H. The van der Waals surface area contributed by atoms with Crippen LogP contribution in [0.25, 0.3) is 0 Å². The van der Waals surface area contributed by atoms with Gasteiger partial charge in [0, 0.05) is 37.1 Å². The highest BCUT2D eigenvalue weighted by molar-refractivity contribution is 14.0. The van der Waals surface area contributed by atoms with E-state index in [2.05, 4.69) is 40.7 Å². The van der Waals surface area contributed by atoms with Crippen LogP contribution < -0.4 is 15.5 Å². The number of rotatable bonds is 6. The second-order valence-electron chi connectivity index (χ2n) is 5.65. The molecule has 2 N–H and O–H groups in total. The Balaban J connectivity index is 0.00000288. The number of aliphatic imine (C=N–C) groups is 1. The normalized spacial score (nSPS) is 18.9. The fraction of sp³-hybridized carbons (Fsp3) is 0.625. The minimum atomic E-state index is -0.262. The van der Waals surface area contributed by atoms with Crippen molar-refractivity contribution in [2.24, 2.45) is 4.99 Å². The molecule has 1 aromatic heterocycles. The molecular formula is C16H27FIN5S. The van der Waals surface area contributed by atoms with E-state index in [1.54, 1.807) is 24.0 Å². The lowest BCUT2D eigenvalue weighted by Gasteiger charge is -2.20. The van der Waals surface area contributed by atoms with Crippen molar-refractivity contribution in [2.75, 3.05) is 37.3 Å². The van der Waals surface area contributed by atoms with Crippen LogP contribution >= 0.6 is 35.7 Å². The second-order valence-corrected chi connectivity index (χ2v) is 6.93. The first kappa shape index (κ1) is 21.3. The fourth-order valence-corrected chi connectivity index (χ4v) is 2.71. The maximum atomic E-state index is 13.8. The summed E-state index contributed by atoms with van der Waals surface area (Å²) >= 11 is 1.81. The van der Waals surface area contributed by atoms with Crippen LogP contribution in [0.2, 0.25) is 0 Å². The van der Waals surface area contributed by atoms with Crippen LogP contribution in [-0.2, 0) is 0 Å². The molecule has 1 saturated heterocycles. The summed E-state index contributed by atoms with van der Waals surface area (Å²) in [5.74, 6) is 1.01. The van der Waals surface area contributed by atoms with Crippen LogP contribution in [0.4, 0.5) is 10.2 Å². The largest absolute Gasteiger partial charge is 0.357 e. The number of nitrogens with zero attached hydrogens (tertiary/aromatic N) is 3. The van der Waals surface area contributed by atoms with Crippen molar-refractivity contribution in [1.82, 2.24) is 15.6 Å². The van der Waals surface area contributed by atoms with Gasteiger partial charge >= 0.3 is 0 Å². The average molecular weight is 467 g/mol. The van der Waals surface area contributed by atoms with Crippen LogP contribution in [0.3, 0.4) is 0 Å². The van der Waals surface area contributed by atoms with Gasteiger partial charge in [0.25, 0.3) is 0 Å². The first-order valence-corrected chi connectivity index (χ1v) is 9.36. The van der Waals surface area contributed by atoms with Crippen LogP contribution in [0.5, 0.6) is 0 Å². The van der Waals surface area contributed by atoms with E-state index < -0.39 is 0 Å². The number of hydrogen-bond acceptors (Lipinski definition) is 4. The zero-order chi connectivity index (χ0) is 16.7. The Morgan fingerprint density at radius 1 is 1.58 bits per heavy atom. The molecule has 0 aromatic carbocycles. The lowest BCUT2D eigenvalue weighted by atomic mass is 10.3. The highest BCUT2D eigenvalue weighted by atomic mass is 127. The summed E-state index contributed by atoms with van der Waals surface area (Å²) in [6.07, 6.45) is 4.67. The van der Waals surface area contributed by atoms with Gasteiger partial charge in [0.1, 0.15) is 0 Å². The Labute approximate surface area is 165 Å². The molecule has 0 bridgehead atoms. The van der Waals surface area contributed by atoms with E-state index in [0.29, 0.717) is 11.1 Å². The molecule has 2 atom stereocenters. The van der Waals surface area contributed by atoms with Crippen LogP contribution in [0, 0.1) is 5.82 Å². The number of thioether (sulfide) groups is 1. The molecule has 2 heterocycles. The first-order valence-electron chi connectivity index (χ1n) is 8.07. The van der Waals surface area contributed by atoms with Gasteiger partial charge in [-0.1, -0.05) is 6.92 Å². The molecule has 136 valence electrons. The molecule has 0 saturated carbocycles. The third-order valence-electron chi connectivity index (χ3n) is 3.82. The number of hydrogen-bond donors (Lipinski definition) is 2. The SMILES string of the molecule is CCNC(=NCC(C)SC)NC1CCN(c2ncccc2F)C1.I. The van der Waals surface area contributed by atoms with Crippen LogP contribution in [0.15, 0.2) is 23.3 Å². The molecule has 0 radical (unpaired) electrons. The fourth-order valence-electron chi connectivity index (χ4n) is 2.49. The maximum Gasteiger partial charge on any atom is 0.191 e. The minimum absolute atomic E-state index is 0. The second kappa shape index (κ2) is 11.0. The highest BCUT2D eigenvalue weighted by Gasteiger charge is 2.25. The number of halogens is 2. The van der Waals surface area contributed by atoms with E-state index in [1.807, 2.05) is 4.90 Å². The number of guanidine groups is 1. The van der Waals surface area contributed by atoms with Crippen LogP contribution in [0.1, 0.15) is 20.3 Å². The molecule has 0 amide bonds. The predicted octanol–water partition coefficient (Wildman–Crippen LogP) is 2.72. The molecule has 1 aliphatic rings. The van der Waals surface area contributed by atoms with Crippen molar-refractivity contribution in [2.45, 2.75) is 31.6 Å². The summed E-state index contributed by atoms with van der Waals surface area (Å²) in [6.45, 7) is 7.35. The summed E-state index contributed by atoms with van der Waals surface area (Å²) in [5, 5.41) is 7.22. The number of nitrogens with one attached hydrogen (secondary N) is 2. The Morgan fingerprint density at radius 3 is 3.04 bits per heavy atom. The van der Waals surface area contributed by atoms with Gasteiger partial charge in [0.05, 0.1) is 6.54 Å². The zero-order valence-electron chi connectivity index (χ0n) is 14.5. The highest BCUT2D eigenvalue weighted by Crippen LogP contribution is 2.20. The number of pyridine rings is 1.